The van der Waals surface area contributed by atoms with Gasteiger partial charge in [-0.05, 0) is 39.9 Å². The second kappa shape index (κ2) is 6.12. The SMILES string of the molecule is Clc1ccc(-c2c(-c3ccccc3)cnc3c2Cc2ccccc2-3)cc1. The monoisotopic (exact) mass is 353 g/mol. The number of fused-ring (bicyclic) bond motifs is 3. The van der Waals surface area contributed by atoms with E-state index >= 15 is 0 Å². The van der Waals surface area contributed by atoms with Gasteiger partial charge in [-0.3, -0.25) is 4.98 Å². The van der Waals surface area contributed by atoms with E-state index in [1.165, 1.54) is 38.9 Å². The number of rotatable bonds is 2. The lowest BCUT2D eigenvalue weighted by molar-refractivity contribution is 1.23. The van der Waals surface area contributed by atoms with Crippen molar-refractivity contribution in [1.29, 1.82) is 0 Å². The molecule has 1 aromatic heterocycles. The van der Waals surface area contributed by atoms with Gasteiger partial charge in [0.1, 0.15) is 0 Å². The van der Waals surface area contributed by atoms with Crippen LogP contribution in [0.5, 0.6) is 0 Å². The molecule has 0 fully saturated rings. The Balaban J connectivity index is 1.80. The van der Waals surface area contributed by atoms with Gasteiger partial charge in [-0.1, -0.05) is 78.3 Å². The lowest BCUT2D eigenvalue weighted by Gasteiger charge is -2.15. The van der Waals surface area contributed by atoms with Crippen LogP contribution in [0.4, 0.5) is 0 Å². The minimum absolute atomic E-state index is 0.754. The van der Waals surface area contributed by atoms with Crippen LogP contribution in [0.1, 0.15) is 11.1 Å². The molecule has 0 atom stereocenters. The van der Waals surface area contributed by atoms with Gasteiger partial charge in [0.15, 0.2) is 0 Å². The van der Waals surface area contributed by atoms with E-state index in [1.54, 1.807) is 0 Å². The first kappa shape index (κ1) is 15.4. The molecule has 4 aromatic rings. The van der Waals surface area contributed by atoms with Crippen molar-refractivity contribution < 1.29 is 0 Å². The zero-order valence-electron chi connectivity index (χ0n) is 14.1. The molecule has 3 aromatic carbocycles. The summed E-state index contributed by atoms with van der Waals surface area (Å²) in [5, 5.41) is 0.754. The number of benzene rings is 3. The molecule has 1 aliphatic rings. The van der Waals surface area contributed by atoms with Gasteiger partial charge < -0.3 is 0 Å². The third-order valence-corrected chi connectivity index (χ3v) is 5.29. The molecule has 0 bridgehead atoms. The Hall–Kier alpha value is -2.90. The Morgan fingerprint density at radius 1 is 0.692 bits per heavy atom. The first-order valence-corrected chi connectivity index (χ1v) is 9.10. The number of nitrogens with zero attached hydrogens (tertiary/aromatic N) is 1. The number of halogens is 1. The van der Waals surface area contributed by atoms with Crippen LogP contribution in [0.15, 0.2) is 85.1 Å². The average Bonchev–Trinajstić information content (AvgIpc) is 3.07. The fraction of sp³-hybridized carbons (Fsp3) is 0.0417. The predicted molar refractivity (Wildman–Crippen MR) is 108 cm³/mol. The second-order valence-electron chi connectivity index (χ2n) is 6.58. The number of hydrogen-bond donors (Lipinski definition) is 0. The summed E-state index contributed by atoms with van der Waals surface area (Å²) in [4.78, 5) is 4.85. The third-order valence-electron chi connectivity index (χ3n) is 5.04. The fourth-order valence-corrected chi connectivity index (χ4v) is 3.96. The van der Waals surface area contributed by atoms with Gasteiger partial charge in [0.05, 0.1) is 5.69 Å². The van der Waals surface area contributed by atoms with E-state index in [2.05, 4.69) is 60.7 Å². The standard InChI is InChI=1S/C24H16ClN/c25-19-12-10-17(11-13-19)23-21-14-18-8-4-5-9-20(18)24(21)26-15-22(23)16-6-2-1-3-7-16/h1-13,15H,14H2. The molecular weight excluding hydrogens is 338 g/mol. The van der Waals surface area contributed by atoms with E-state index in [1.807, 2.05) is 24.4 Å². The van der Waals surface area contributed by atoms with Crippen LogP contribution in [0, 0.1) is 0 Å². The highest BCUT2D eigenvalue weighted by Crippen LogP contribution is 2.44. The number of pyridine rings is 1. The van der Waals surface area contributed by atoms with E-state index < -0.39 is 0 Å². The highest BCUT2D eigenvalue weighted by Gasteiger charge is 2.25. The minimum Gasteiger partial charge on any atom is -0.255 e. The second-order valence-corrected chi connectivity index (χ2v) is 7.02. The lowest BCUT2D eigenvalue weighted by Crippen LogP contribution is -1.95. The van der Waals surface area contributed by atoms with E-state index in [0.29, 0.717) is 0 Å². The first-order valence-electron chi connectivity index (χ1n) is 8.73. The molecular formula is C24H16ClN. The highest BCUT2D eigenvalue weighted by molar-refractivity contribution is 6.30. The summed E-state index contributed by atoms with van der Waals surface area (Å²) in [5.74, 6) is 0. The van der Waals surface area contributed by atoms with Gasteiger partial charge in [-0.2, -0.15) is 0 Å². The Morgan fingerprint density at radius 3 is 2.23 bits per heavy atom. The summed E-state index contributed by atoms with van der Waals surface area (Å²) in [7, 11) is 0. The molecule has 0 spiro atoms. The van der Waals surface area contributed by atoms with Crippen molar-refractivity contribution in [3.05, 3.63) is 101 Å². The zero-order valence-corrected chi connectivity index (χ0v) is 14.9. The molecule has 0 saturated carbocycles. The maximum atomic E-state index is 6.13. The van der Waals surface area contributed by atoms with Crippen molar-refractivity contribution in [1.82, 2.24) is 4.98 Å². The molecule has 0 radical (unpaired) electrons. The molecule has 0 unspecified atom stereocenters. The predicted octanol–water partition coefficient (Wildman–Crippen LogP) is 6.64. The van der Waals surface area contributed by atoms with Crippen molar-refractivity contribution in [2.45, 2.75) is 6.42 Å². The molecule has 0 aliphatic heterocycles. The molecule has 26 heavy (non-hydrogen) atoms. The largest absolute Gasteiger partial charge is 0.255 e. The molecule has 0 amide bonds. The van der Waals surface area contributed by atoms with Gasteiger partial charge in [-0.15, -0.1) is 0 Å². The van der Waals surface area contributed by atoms with Crippen LogP contribution in [0.2, 0.25) is 5.02 Å². The molecule has 5 rings (SSSR count). The van der Waals surface area contributed by atoms with Gasteiger partial charge in [0.2, 0.25) is 0 Å². The first-order chi connectivity index (χ1) is 12.8. The van der Waals surface area contributed by atoms with Crippen molar-refractivity contribution in [2.24, 2.45) is 0 Å². The van der Waals surface area contributed by atoms with Crippen LogP contribution in [0.3, 0.4) is 0 Å². The normalized spacial score (nSPS) is 11.9. The Labute approximate surface area is 157 Å². The van der Waals surface area contributed by atoms with Crippen molar-refractivity contribution in [2.75, 3.05) is 0 Å². The van der Waals surface area contributed by atoms with Crippen molar-refractivity contribution in [3.63, 3.8) is 0 Å². The molecule has 0 N–H and O–H groups in total. The minimum atomic E-state index is 0.754. The molecule has 1 nitrogen and oxygen atoms in total. The third kappa shape index (κ3) is 2.44. The van der Waals surface area contributed by atoms with Crippen molar-refractivity contribution >= 4 is 11.6 Å². The molecule has 124 valence electrons. The van der Waals surface area contributed by atoms with Gasteiger partial charge in [-0.25, -0.2) is 0 Å². The lowest BCUT2D eigenvalue weighted by atomic mass is 9.91. The summed E-state index contributed by atoms with van der Waals surface area (Å²) in [6.45, 7) is 0. The molecule has 0 saturated heterocycles. The fourth-order valence-electron chi connectivity index (χ4n) is 3.84. The topological polar surface area (TPSA) is 12.9 Å². The van der Waals surface area contributed by atoms with E-state index in [0.717, 1.165) is 17.1 Å². The van der Waals surface area contributed by atoms with Crippen LogP contribution in [-0.4, -0.2) is 4.98 Å². The van der Waals surface area contributed by atoms with Crippen LogP contribution in [-0.2, 0) is 6.42 Å². The molecule has 1 aliphatic carbocycles. The van der Waals surface area contributed by atoms with E-state index in [9.17, 15) is 0 Å². The van der Waals surface area contributed by atoms with Gasteiger partial charge in [0.25, 0.3) is 0 Å². The van der Waals surface area contributed by atoms with E-state index in [4.69, 9.17) is 16.6 Å². The quantitative estimate of drug-likeness (QED) is 0.346. The maximum Gasteiger partial charge on any atom is 0.0746 e. The summed E-state index contributed by atoms with van der Waals surface area (Å²) in [5.41, 5.74) is 9.78. The highest BCUT2D eigenvalue weighted by atomic mass is 35.5. The van der Waals surface area contributed by atoms with Gasteiger partial charge >= 0.3 is 0 Å². The number of hydrogen-bond acceptors (Lipinski definition) is 1. The summed E-state index contributed by atoms with van der Waals surface area (Å²) in [6.07, 6.45) is 2.93. The van der Waals surface area contributed by atoms with Crippen LogP contribution < -0.4 is 0 Å². The summed E-state index contributed by atoms with van der Waals surface area (Å²) in [6, 6.07) is 27.2. The van der Waals surface area contributed by atoms with Crippen LogP contribution >= 0.6 is 11.6 Å². The molecule has 1 heterocycles. The zero-order chi connectivity index (χ0) is 17.5. The maximum absolute atomic E-state index is 6.13. The smallest absolute Gasteiger partial charge is 0.0746 e. The number of aromatic nitrogens is 1. The Bertz CT molecular complexity index is 1100. The van der Waals surface area contributed by atoms with Crippen molar-refractivity contribution in [3.8, 4) is 33.5 Å². The van der Waals surface area contributed by atoms with Gasteiger partial charge in [0, 0.05) is 28.8 Å². The average molecular weight is 354 g/mol. The summed E-state index contributed by atoms with van der Waals surface area (Å²) < 4.78 is 0. The summed E-state index contributed by atoms with van der Waals surface area (Å²) >= 11 is 6.13. The Kier molecular flexibility index (Phi) is 3.62. The Morgan fingerprint density at radius 2 is 1.42 bits per heavy atom. The van der Waals surface area contributed by atoms with Crippen LogP contribution in [0.25, 0.3) is 33.5 Å². The van der Waals surface area contributed by atoms with E-state index in [-0.39, 0.29) is 0 Å². The molecule has 2 heteroatoms.